The molecule has 0 amide bonds. The van der Waals surface area contributed by atoms with Crippen LogP contribution in [0, 0.1) is 17.8 Å². The zero-order valence-electron chi connectivity index (χ0n) is 19.6. The average molecular weight is 492 g/mol. The van der Waals surface area contributed by atoms with Crippen LogP contribution in [0.3, 0.4) is 0 Å². The van der Waals surface area contributed by atoms with E-state index >= 15 is 0 Å². The fourth-order valence-electron chi connectivity index (χ4n) is 4.30. The van der Waals surface area contributed by atoms with E-state index in [1.807, 2.05) is 0 Å². The molecule has 0 bridgehead atoms. The summed E-state index contributed by atoms with van der Waals surface area (Å²) in [6.07, 6.45) is 2.82. The van der Waals surface area contributed by atoms with Crippen LogP contribution in [0.4, 0.5) is 20.2 Å². The third kappa shape index (κ3) is 7.45. The normalized spacial score (nSPS) is 20.3. The second-order valence-electron chi connectivity index (χ2n) is 9.00. The Kier molecular flexibility index (Phi) is 9.33. The Morgan fingerprint density at radius 2 is 1.79 bits per heavy atom. The second-order valence-corrected chi connectivity index (χ2v) is 10.1. The number of rotatable bonds is 9. The van der Waals surface area contributed by atoms with Crippen LogP contribution in [0.5, 0.6) is 0 Å². The molecule has 1 aliphatic rings. The van der Waals surface area contributed by atoms with Crippen molar-refractivity contribution in [3.63, 3.8) is 0 Å². The van der Waals surface area contributed by atoms with Crippen LogP contribution in [-0.2, 0) is 14.3 Å². The molecule has 0 radical (unpaired) electrons. The summed E-state index contributed by atoms with van der Waals surface area (Å²) in [5.41, 5.74) is 1.37. The van der Waals surface area contributed by atoms with Gasteiger partial charge in [-0.2, -0.15) is 8.78 Å². The average Bonchev–Trinajstić information content (AvgIpc) is 2.78. The smallest absolute Gasteiger partial charge is 0.344 e. The Hall–Kier alpha value is -2.61. The van der Waals surface area contributed by atoms with Gasteiger partial charge >= 0.3 is 11.9 Å². The molecule has 5 nitrogen and oxygen atoms in total. The lowest BCUT2D eigenvalue weighted by Crippen LogP contribution is -2.36. The molecule has 1 saturated carbocycles. The minimum Gasteiger partial charge on any atom is -0.460 e. The standard InChI is InChI=1S/C26H31F2NO4S/c1-16(2)20-13-8-17(3)14-23(20)33-24(30)15-32-25(31)21-6-4-5-7-22(21)29-18-9-11-19(12-10-18)34-26(27)28/h4-7,9-12,16-17,20,23,26,29H,8,13-15H2,1-3H3/t17-,20-,23-/m1/s1. The van der Waals surface area contributed by atoms with E-state index in [0.717, 1.165) is 19.3 Å². The van der Waals surface area contributed by atoms with Gasteiger partial charge in [-0.05, 0) is 67.0 Å². The van der Waals surface area contributed by atoms with E-state index in [1.54, 1.807) is 48.5 Å². The third-order valence-electron chi connectivity index (χ3n) is 6.07. The Bertz CT molecular complexity index is 968. The molecule has 8 heteroatoms. The molecule has 0 heterocycles. The molecule has 0 spiro atoms. The summed E-state index contributed by atoms with van der Waals surface area (Å²) in [5.74, 6) is -2.46. The van der Waals surface area contributed by atoms with Gasteiger partial charge in [-0.15, -0.1) is 0 Å². The van der Waals surface area contributed by atoms with E-state index < -0.39 is 24.3 Å². The number of alkyl halides is 2. The van der Waals surface area contributed by atoms with Crippen LogP contribution in [0.1, 0.15) is 50.4 Å². The molecule has 3 rings (SSSR count). The molecule has 3 atom stereocenters. The molecule has 2 aromatic carbocycles. The molecule has 1 aliphatic carbocycles. The van der Waals surface area contributed by atoms with Crippen LogP contribution in [-0.4, -0.2) is 30.4 Å². The number of esters is 2. The number of halogens is 2. The first kappa shape index (κ1) is 26.0. The van der Waals surface area contributed by atoms with Crippen molar-refractivity contribution in [1.82, 2.24) is 0 Å². The maximum absolute atomic E-state index is 12.7. The highest BCUT2D eigenvalue weighted by Crippen LogP contribution is 2.35. The Morgan fingerprint density at radius 3 is 2.47 bits per heavy atom. The largest absolute Gasteiger partial charge is 0.460 e. The van der Waals surface area contributed by atoms with Crippen molar-refractivity contribution in [1.29, 1.82) is 0 Å². The molecule has 0 saturated heterocycles. The molecule has 184 valence electrons. The first-order chi connectivity index (χ1) is 16.2. The summed E-state index contributed by atoms with van der Waals surface area (Å²) in [5, 5.41) is 3.10. The summed E-state index contributed by atoms with van der Waals surface area (Å²) in [6.45, 7) is 5.97. The fourth-order valence-corrected chi connectivity index (χ4v) is 4.80. The number of anilines is 2. The third-order valence-corrected chi connectivity index (χ3v) is 6.79. The number of ether oxygens (including phenoxy) is 2. The monoisotopic (exact) mass is 491 g/mol. The first-order valence-corrected chi connectivity index (χ1v) is 12.4. The minimum absolute atomic E-state index is 0.157. The topological polar surface area (TPSA) is 64.6 Å². The highest BCUT2D eigenvalue weighted by molar-refractivity contribution is 7.99. The number of benzene rings is 2. The number of carbonyl (C=O) groups excluding carboxylic acids is 2. The number of carbonyl (C=O) groups is 2. The van der Waals surface area contributed by atoms with Gasteiger partial charge in [-0.25, -0.2) is 9.59 Å². The number of nitrogens with one attached hydrogen (secondary N) is 1. The van der Waals surface area contributed by atoms with Gasteiger partial charge in [0.25, 0.3) is 5.76 Å². The number of hydrogen-bond donors (Lipinski definition) is 1. The van der Waals surface area contributed by atoms with Crippen molar-refractivity contribution in [3.8, 4) is 0 Å². The van der Waals surface area contributed by atoms with Crippen LogP contribution >= 0.6 is 11.8 Å². The van der Waals surface area contributed by atoms with Gasteiger partial charge in [0.1, 0.15) is 6.10 Å². The van der Waals surface area contributed by atoms with Crippen molar-refractivity contribution in [2.75, 3.05) is 11.9 Å². The van der Waals surface area contributed by atoms with Gasteiger partial charge in [0.05, 0.1) is 11.3 Å². The highest BCUT2D eigenvalue weighted by Gasteiger charge is 2.33. The van der Waals surface area contributed by atoms with E-state index in [9.17, 15) is 18.4 Å². The second kappa shape index (κ2) is 12.2. The van der Waals surface area contributed by atoms with Crippen molar-refractivity contribution in [2.24, 2.45) is 17.8 Å². The maximum Gasteiger partial charge on any atom is 0.344 e. The van der Waals surface area contributed by atoms with Crippen LogP contribution in [0.25, 0.3) is 0 Å². The molecular formula is C26H31F2NO4S. The van der Waals surface area contributed by atoms with Gasteiger partial charge < -0.3 is 14.8 Å². The lowest BCUT2D eigenvalue weighted by Gasteiger charge is -2.36. The van der Waals surface area contributed by atoms with E-state index in [2.05, 4.69) is 26.1 Å². The SMILES string of the molecule is CC(C)[C@H]1CC[C@@H](C)C[C@H]1OC(=O)COC(=O)c1ccccc1Nc1ccc(SC(F)F)cc1. The summed E-state index contributed by atoms with van der Waals surface area (Å²) in [6, 6.07) is 13.2. The quantitative estimate of drug-likeness (QED) is 0.304. The van der Waals surface area contributed by atoms with Gasteiger partial charge in [0.15, 0.2) is 6.61 Å². The predicted octanol–water partition coefficient (Wildman–Crippen LogP) is 6.91. The zero-order chi connectivity index (χ0) is 24.7. The predicted molar refractivity (Wildman–Crippen MR) is 130 cm³/mol. The van der Waals surface area contributed by atoms with Crippen molar-refractivity contribution < 1.29 is 27.8 Å². The van der Waals surface area contributed by atoms with Gasteiger partial charge in [0.2, 0.25) is 0 Å². The zero-order valence-corrected chi connectivity index (χ0v) is 20.4. The summed E-state index contributed by atoms with van der Waals surface area (Å²) < 4.78 is 36.0. The van der Waals surface area contributed by atoms with Crippen molar-refractivity contribution >= 4 is 35.1 Å². The summed E-state index contributed by atoms with van der Waals surface area (Å²) in [4.78, 5) is 25.6. The molecule has 0 unspecified atom stereocenters. The molecule has 0 aliphatic heterocycles. The van der Waals surface area contributed by atoms with Gasteiger partial charge in [-0.3, -0.25) is 0 Å². The number of hydrogen-bond acceptors (Lipinski definition) is 6. The van der Waals surface area contributed by atoms with Crippen molar-refractivity contribution in [2.45, 2.75) is 56.8 Å². The van der Waals surface area contributed by atoms with Crippen molar-refractivity contribution in [3.05, 3.63) is 54.1 Å². The van der Waals surface area contributed by atoms with E-state index in [4.69, 9.17) is 9.47 Å². The summed E-state index contributed by atoms with van der Waals surface area (Å²) >= 11 is 0.466. The molecule has 2 aromatic rings. The Labute approximate surface area is 203 Å². The Balaban J connectivity index is 1.58. The van der Waals surface area contributed by atoms with Crippen LogP contribution < -0.4 is 5.32 Å². The minimum atomic E-state index is -2.49. The van der Waals surface area contributed by atoms with E-state index in [1.165, 1.54) is 0 Å². The summed E-state index contributed by atoms with van der Waals surface area (Å²) in [7, 11) is 0. The maximum atomic E-state index is 12.7. The molecular weight excluding hydrogens is 460 g/mol. The first-order valence-electron chi connectivity index (χ1n) is 11.5. The Morgan fingerprint density at radius 1 is 1.09 bits per heavy atom. The van der Waals surface area contributed by atoms with E-state index in [0.29, 0.717) is 45.8 Å². The molecule has 1 N–H and O–H groups in total. The molecule has 1 fully saturated rings. The van der Waals surface area contributed by atoms with Crippen LogP contribution in [0.2, 0.25) is 0 Å². The lowest BCUT2D eigenvalue weighted by molar-refractivity contribution is -0.159. The number of thioether (sulfide) groups is 1. The lowest BCUT2D eigenvalue weighted by atomic mass is 9.75. The van der Waals surface area contributed by atoms with E-state index in [-0.39, 0.29) is 11.7 Å². The number of para-hydroxylation sites is 1. The van der Waals surface area contributed by atoms with Gasteiger partial charge in [0, 0.05) is 10.6 Å². The molecule has 34 heavy (non-hydrogen) atoms. The van der Waals surface area contributed by atoms with Gasteiger partial charge in [-0.1, -0.05) is 51.1 Å². The fraction of sp³-hybridized carbons (Fsp3) is 0.462. The molecule has 0 aromatic heterocycles. The highest BCUT2D eigenvalue weighted by atomic mass is 32.2. The van der Waals surface area contributed by atoms with Crippen LogP contribution in [0.15, 0.2) is 53.4 Å².